The number of piperidine rings is 1. The van der Waals surface area contributed by atoms with Crippen molar-refractivity contribution in [1.82, 2.24) is 9.88 Å². The van der Waals surface area contributed by atoms with Crippen LogP contribution in [0.25, 0.3) is 11.3 Å². The van der Waals surface area contributed by atoms with E-state index < -0.39 is 6.67 Å². The van der Waals surface area contributed by atoms with Crippen LogP contribution in [0.2, 0.25) is 0 Å². The number of pyridine rings is 1. The zero-order chi connectivity index (χ0) is 18.7. The Balaban J connectivity index is 2.00. The number of carbonyl (C=O) groups is 1. The van der Waals surface area contributed by atoms with E-state index in [-0.39, 0.29) is 11.9 Å². The number of nitrogens with two attached hydrogens (primary N) is 1. The van der Waals surface area contributed by atoms with Gasteiger partial charge in [-0.15, -0.1) is 0 Å². The molecule has 2 atom stereocenters. The van der Waals surface area contributed by atoms with Crippen LogP contribution in [0.4, 0.5) is 4.39 Å². The highest BCUT2D eigenvalue weighted by Gasteiger charge is 2.32. The molecule has 2 heterocycles. The van der Waals surface area contributed by atoms with E-state index in [9.17, 15) is 9.18 Å². The Morgan fingerprint density at radius 1 is 1.35 bits per heavy atom. The summed E-state index contributed by atoms with van der Waals surface area (Å²) in [6.45, 7) is 4.78. The molecule has 1 fully saturated rings. The van der Waals surface area contributed by atoms with Gasteiger partial charge >= 0.3 is 0 Å². The van der Waals surface area contributed by atoms with Gasteiger partial charge in [0.05, 0.1) is 5.69 Å². The molecule has 3 rings (SSSR count). The monoisotopic (exact) mass is 355 g/mol. The van der Waals surface area contributed by atoms with Crippen molar-refractivity contribution in [3.05, 3.63) is 53.2 Å². The Bertz CT molecular complexity index is 775. The van der Waals surface area contributed by atoms with Gasteiger partial charge in [0.25, 0.3) is 5.91 Å². The highest BCUT2D eigenvalue weighted by Crippen LogP contribution is 2.29. The molecule has 0 spiro atoms. The third-order valence-corrected chi connectivity index (χ3v) is 5.28. The predicted molar refractivity (Wildman–Crippen MR) is 101 cm³/mol. The normalized spacial score (nSPS) is 20.2. The number of halogens is 1. The lowest BCUT2D eigenvalue weighted by atomic mass is 9.89. The Morgan fingerprint density at radius 3 is 2.81 bits per heavy atom. The topological polar surface area (TPSA) is 59.2 Å². The number of aryl methyl sites for hydroxylation is 1. The van der Waals surface area contributed by atoms with Crippen molar-refractivity contribution >= 4 is 5.91 Å². The molecule has 0 aliphatic carbocycles. The Kier molecular flexibility index (Phi) is 5.67. The second-order valence-electron chi connectivity index (χ2n) is 7.16. The summed E-state index contributed by atoms with van der Waals surface area (Å²) < 4.78 is 12.8. The van der Waals surface area contributed by atoms with Gasteiger partial charge in [-0.2, -0.15) is 0 Å². The van der Waals surface area contributed by atoms with Gasteiger partial charge in [0.15, 0.2) is 0 Å². The first kappa shape index (κ1) is 18.5. The smallest absolute Gasteiger partial charge is 0.254 e. The second kappa shape index (κ2) is 7.96. The fourth-order valence-corrected chi connectivity index (χ4v) is 3.74. The minimum absolute atomic E-state index is 0.00191. The van der Waals surface area contributed by atoms with Crippen molar-refractivity contribution in [2.75, 3.05) is 13.1 Å². The maximum atomic E-state index is 13.4. The zero-order valence-electron chi connectivity index (χ0n) is 15.4. The van der Waals surface area contributed by atoms with E-state index in [0.29, 0.717) is 29.3 Å². The Hall–Kier alpha value is -2.27. The molecule has 0 saturated carbocycles. The van der Waals surface area contributed by atoms with Crippen molar-refractivity contribution in [1.29, 1.82) is 0 Å². The van der Waals surface area contributed by atoms with E-state index in [2.05, 4.69) is 11.9 Å². The molecule has 2 N–H and O–H groups in total. The minimum Gasteiger partial charge on any atom is -0.334 e. The molecule has 1 aromatic carbocycles. The van der Waals surface area contributed by atoms with Gasteiger partial charge in [0.1, 0.15) is 6.67 Å². The maximum absolute atomic E-state index is 13.4. The molecule has 0 bridgehead atoms. The lowest BCUT2D eigenvalue weighted by molar-refractivity contribution is 0.0533. The first-order valence-electron chi connectivity index (χ1n) is 9.18. The van der Waals surface area contributed by atoms with Crippen LogP contribution in [0.15, 0.2) is 36.5 Å². The van der Waals surface area contributed by atoms with Crippen LogP contribution in [0.3, 0.4) is 0 Å². The molecule has 1 amide bonds. The van der Waals surface area contributed by atoms with Gasteiger partial charge in [0, 0.05) is 42.0 Å². The molecule has 1 aromatic heterocycles. The van der Waals surface area contributed by atoms with Gasteiger partial charge < -0.3 is 10.6 Å². The summed E-state index contributed by atoms with van der Waals surface area (Å²) in [4.78, 5) is 19.6. The van der Waals surface area contributed by atoms with E-state index in [4.69, 9.17) is 5.73 Å². The lowest BCUT2D eigenvalue weighted by Gasteiger charge is -2.39. The van der Waals surface area contributed by atoms with Crippen LogP contribution in [0.1, 0.15) is 41.3 Å². The first-order chi connectivity index (χ1) is 12.5. The summed E-state index contributed by atoms with van der Waals surface area (Å²) in [6.07, 6.45) is 3.61. The van der Waals surface area contributed by atoms with Crippen LogP contribution in [0, 0.1) is 12.8 Å². The molecular formula is C21H26FN3O. The van der Waals surface area contributed by atoms with Crippen LogP contribution >= 0.6 is 0 Å². The molecule has 4 nitrogen and oxygen atoms in total. The van der Waals surface area contributed by atoms with Crippen molar-refractivity contribution in [2.45, 2.75) is 39.4 Å². The Morgan fingerprint density at radius 2 is 2.15 bits per heavy atom. The fourth-order valence-electron chi connectivity index (χ4n) is 3.74. The minimum atomic E-state index is -0.545. The highest BCUT2D eigenvalue weighted by atomic mass is 19.1. The molecule has 0 unspecified atom stereocenters. The van der Waals surface area contributed by atoms with Crippen molar-refractivity contribution in [3.63, 3.8) is 0 Å². The largest absolute Gasteiger partial charge is 0.334 e. The second-order valence-corrected chi connectivity index (χ2v) is 7.16. The summed E-state index contributed by atoms with van der Waals surface area (Å²) in [7, 11) is 0. The highest BCUT2D eigenvalue weighted by molar-refractivity contribution is 6.01. The molecule has 138 valence electrons. The number of nitrogens with zero attached hydrogens (tertiary/aromatic N) is 2. The van der Waals surface area contributed by atoms with E-state index in [1.54, 1.807) is 12.1 Å². The SMILES string of the molecule is Cc1ccc(-c2ccc(CF)cn2)c(C(=O)N2CCC[C@@H](C)[C@H]2CN)c1. The summed E-state index contributed by atoms with van der Waals surface area (Å²) >= 11 is 0. The lowest BCUT2D eigenvalue weighted by Crippen LogP contribution is -2.51. The summed E-state index contributed by atoms with van der Waals surface area (Å²) in [5.41, 5.74) is 9.61. The zero-order valence-corrected chi connectivity index (χ0v) is 15.4. The van der Waals surface area contributed by atoms with Gasteiger partial charge in [0.2, 0.25) is 0 Å². The number of likely N-dealkylation sites (tertiary alicyclic amines) is 1. The molecule has 1 aliphatic heterocycles. The predicted octanol–water partition coefficient (Wildman–Crippen LogP) is 3.73. The van der Waals surface area contributed by atoms with Gasteiger partial charge in [-0.1, -0.05) is 30.7 Å². The van der Waals surface area contributed by atoms with E-state index >= 15 is 0 Å². The number of hydrogen-bond donors (Lipinski definition) is 1. The van der Waals surface area contributed by atoms with Crippen LogP contribution in [-0.4, -0.2) is 34.9 Å². The van der Waals surface area contributed by atoms with Crippen LogP contribution in [-0.2, 0) is 6.67 Å². The summed E-state index contributed by atoms with van der Waals surface area (Å²) in [5, 5.41) is 0. The van der Waals surface area contributed by atoms with Gasteiger partial charge in [-0.25, -0.2) is 4.39 Å². The average Bonchev–Trinajstić information content (AvgIpc) is 2.67. The number of alkyl halides is 1. The number of rotatable bonds is 4. The fraction of sp³-hybridized carbons (Fsp3) is 0.429. The van der Waals surface area contributed by atoms with E-state index in [1.165, 1.54) is 6.20 Å². The summed E-state index contributed by atoms with van der Waals surface area (Å²) in [5.74, 6) is 0.398. The van der Waals surface area contributed by atoms with Gasteiger partial charge in [-0.05, 0) is 37.8 Å². The maximum Gasteiger partial charge on any atom is 0.254 e. The van der Waals surface area contributed by atoms with Crippen molar-refractivity contribution in [2.24, 2.45) is 11.7 Å². The molecule has 26 heavy (non-hydrogen) atoms. The van der Waals surface area contributed by atoms with Crippen LogP contribution < -0.4 is 5.73 Å². The third kappa shape index (κ3) is 3.63. The summed E-state index contributed by atoms with van der Waals surface area (Å²) in [6, 6.07) is 9.35. The van der Waals surface area contributed by atoms with E-state index in [1.807, 2.05) is 30.0 Å². The standard InChI is InChI=1S/C21H26FN3O/c1-14-5-7-17(19-8-6-16(11-22)13-24-19)18(10-14)21(26)25-9-3-4-15(2)20(25)12-23/h5-8,10,13,15,20H,3-4,9,11-12,23H2,1-2H3/t15-,20-/m1/s1. The molecule has 5 heteroatoms. The molecular weight excluding hydrogens is 329 g/mol. The number of benzene rings is 1. The Labute approximate surface area is 154 Å². The quantitative estimate of drug-likeness (QED) is 0.909. The molecule has 1 aliphatic rings. The number of aromatic nitrogens is 1. The van der Waals surface area contributed by atoms with E-state index in [0.717, 1.165) is 30.5 Å². The average molecular weight is 355 g/mol. The molecule has 2 aromatic rings. The number of amides is 1. The van der Waals surface area contributed by atoms with Gasteiger partial charge in [-0.3, -0.25) is 9.78 Å². The number of hydrogen-bond acceptors (Lipinski definition) is 3. The van der Waals surface area contributed by atoms with Crippen molar-refractivity contribution < 1.29 is 9.18 Å². The molecule has 0 radical (unpaired) electrons. The van der Waals surface area contributed by atoms with Crippen molar-refractivity contribution in [3.8, 4) is 11.3 Å². The first-order valence-corrected chi connectivity index (χ1v) is 9.18. The molecule has 1 saturated heterocycles. The van der Waals surface area contributed by atoms with Crippen LogP contribution in [0.5, 0.6) is 0 Å². The third-order valence-electron chi connectivity index (χ3n) is 5.28. The number of carbonyl (C=O) groups excluding carboxylic acids is 1.